The number of benzene rings is 1. The predicted molar refractivity (Wildman–Crippen MR) is 77.6 cm³/mol. The number of rotatable bonds is 4. The fourth-order valence-electron chi connectivity index (χ4n) is 2.03. The molecule has 1 aromatic carbocycles. The zero-order valence-electron chi connectivity index (χ0n) is 11.7. The summed E-state index contributed by atoms with van der Waals surface area (Å²) < 4.78 is 0. The highest BCUT2D eigenvalue weighted by Gasteiger charge is 2.24. The molecule has 1 aromatic rings. The average Bonchev–Trinajstić information content (AvgIpc) is 2.49. The molecule has 0 spiro atoms. The lowest BCUT2D eigenvalue weighted by Crippen LogP contribution is -2.56. The van der Waals surface area contributed by atoms with E-state index in [1.807, 2.05) is 6.07 Å². The Bertz CT molecular complexity index is 549. The van der Waals surface area contributed by atoms with Crippen molar-refractivity contribution in [1.82, 2.24) is 16.0 Å². The summed E-state index contributed by atoms with van der Waals surface area (Å²) in [7, 11) is 1.57. The molecule has 7 heteroatoms. The van der Waals surface area contributed by atoms with Gasteiger partial charge in [-0.1, -0.05) is 18.2 Å². The smallest absolute Gasteiger partial charge is 0.243 e. The van der Waals surface area contributed by atoms with E-state index < -0.39 is 6.04 Å². The number of hydrogen-bond acceptors (Lipinski definition) is 4. The molecule has 21 heavy (non-hydrogen) atoms. The number of para-hydroxylation sites is 1. The summed E-state index contributed by atoms with van der Waals surface area (Å²) in [4.78, 5) is 34.7. The van der Waals surface area contributed by atoms with Gasteiger partial charge in [0.25, 0.3) is 0 Å². The van der Waals surface area contributed by atoms with Gasteiger partial charge in [0.1, 0.15) is 6.04 Å². The standard InChI is InChI=1S/C14H18N4O3/c1-15-12(19)6-9-4-2-3-5-10(9)18-14(21)11-7-17-13(20)8-16-11/h2-5,11,16H,6-8H2,1H3,(H,15,19)(H,17,20)(H,18,21). The van der Waals surface area contributed by atoms with Crippen molar-refractivity contribution >= 4 is 23.4 Å². The van der Waals surface area contributed by atoms with Crippen molar-refractivity contribution in [3.8, 4) is 0 Å². The fourth-order valence-corrected chi connectivity index (χ4v) is 2.03. The van der Waals surface area contributed by atoms with Gasteiger partial charge in [-0.2, -0.15) is 0 Å². The van der Waals surface area contributed by atoms with E-state index in [2.05, 4.69) is 21.3 Å². The molecule has 112 valence electrons. The maximum absolute atomic E-state index is 12.2. The first-order valence-corrected chi connectivity index (χ1v) is 6.69. The van der Waals surface area contributed by atoms with E-state index in [1.165, 1.54) is 0 Å². The van der Waals surface area contributed by atoms with Gasteiger partial charge in [-0.25, -0.2) is 0 Å². The number of carbonyl (C=O) groups is 3. The summed E-state index contributed by atoms with van der Waals surface area (Å²) in [6, 6.07) is 6.67. The Morgan fingerprint density at radius 3 is 2.76 bits per heavy atom. The minimum atomic E-state index is -0.476. The maximum atomic E-state index is 12.2. The first-order chi connectivity index (χ1) is 10.1. The van der Waals surface area contributed by atoms with Crippen LogP contribution >= 0.6 is 0 Å². The minimum absolute atomic E-state index is 0.123. The minimum Gasteiger partial charge on any atom is -0.359 e. The van der Waals surface area contributed by atoms with Gasteiger partial charge in [-0.05, 0) is 11.6 Å². The molecule has 0 aliphatic carbocycles. The molecule has 0 radical (unpaired) electrons. The van der Waals surface area contributed by atoms with Gasteiger partial charge in [-0.15, -0.1) is 0 Å². The molecule has 0 saturated carbocycles. The van der Waals surface area contributed by atoms with Gasteiger partial charge in [0.2, 0.25) is 17.7 Å². The van der Waals surface area contributed by atoms with Crippen LogP contribution in [0.5, 0.6) is 0 Å². The zero-order chi connectivity index (χ0) is 15.2. The van der Waals surface area contributed by atoms with Gasteiger partial charge in [0, 0.05) is 19.3 Å². The Balaban J connectivity index is 2.03. The van der Waals surface area contributed by atoms with Gasteiger partial charge in [0.05, 0.1) is 13.0 Å². The SMILES string of the molecule is CNC(=O)Cc1ccccc1NC(=O)C1CNC(=O)CN1. The fraction of sp³-hybridized carbons (Fsp3) is 0.357. The summed E-state index contributed by atoms with van der Waals surface area (Å²) in [5.41, 5.74) is 1.34. The second-order valence-electron chi connectivity index (χ2n) is 4.73. The topological polar surface area (TPSA) is 99.3 Å². The number of anilines is 1. The van der Waals surface area contributed by atoms with Crippen molar-refractivity contribution in [3.63, 3.8) is 0 Å². The Morgan fingerprint density at radius 1 is 1.33 bits per heavy atom. The van der Waals surface area contributed by atoms with Crippen LogP contribution in [-0.4, -0.2) is 43.9 Å². The Labute approximate surface area is 122 Å². The van der Waals surface area contributed by atoms with Crippen molar-refractivity contribution in [1.29, 1.82) is 0 Å². The lowest BCUT2D eigenvalue weighted by molar-refractivity contribution is -0.124. The van der Waals surface area contributed by atoms with E-state index in [0.29, 0.717) is 5.69 Å². The lowest BCUT2D eigenvalue weighted by Gasteiger charge is -2.23. The molecule has 0 bridgehead atoms. The van der Waals surface area contributed by atoms with Crippen LogP contribution in [0.1, 0.15) is 5.56 Å². The Morgan fingerprint density at radius 2 is 2.10 bits per heavy atom. The van der Waals surface area contributed by atoms with Crippen LogP contribution in [-0.2, 0) is 20.8 Å². The summed E-state index contributed by atoms with van der Waals surface area (Å²) in [6.45, 7) is 0.375. The van der Waals surface area contributed by atoms with Crippen LogP contribution in [0.15, 0.2) is 24.3 Å². The summed E-state index contributed by atoms with van der Waals surface area (Å²) >= 11 is 0. The molecule has 0 aromatic heterocycles. The van der Waals surface area contributed by atoms with Crippen molar-refractivity contribution in [2.24, 2.45) is 0 Å². The zero-order valence-corrected chi connectivity index (χ0v) is 11.7. The van der Waals surface area contributed by atoms with E-state index in [0.717, 1.165) is 5.56 Å². The van der Waals surface area contributed by atoms with Crippen molar-refractivity contribution in [2.75, 3.05) is 25.5 Å². The number of likely N-dealkylation sites (N-methyl/N-ethyl adjacent to an activating group) is 1. The van der Waals surface area contributed by atoms with Gasteiger partial charge >= 0.3 is 0 Å². The van der Waals surface area contributed by atoms with E-state index in [-0.39, 0.29) is 37.2 Å². The van der Waals surface area contributed by atoms with Crippen LogP contribution < -0.4 is 21.3 Å². The summed E-state index contributed by atoms with van der Waals surface area (Å²) in [5, 5.41) is 10.8. The summed E-state index contributed by atoms with van der Waals surface area (Å²) in [6.07, 6.45) is 0.196. The second kappa shape index (κ2) is 6.85. The van der Waals surface area contributed by atoms with E-state index >= 15 is 0 Å². The number of amides is 3. The molecule has 1 heterocycles. The Hall–Kier alpha value is -2.41. The van der Waals surface area contributed by atoms with Crippen LogP contribution in [0.2, 0.25) is 0 Å². The van der Waals surface area contributed by atoms with E-state index in [4.69, 9.17) is 0 Å². The number of hydrogen-bond donors (Lipinski definition) is 4. The molecule has 1 aliphatic rings. The second-order valence-corrected chi connectivity index (χ2v) is 4.73. The molecule has 3 amide bonds. The molecule has 7 nitrogen and oxygen atoms in total. The quantitative estimate of drug-likeness (QED) is 0.571. The molecule has 1 saturated heterocycles. The van der Waals surface area contributed by atoms with E-state index in [1.54, 1.807) is 25.2 Å². The van der Waals surface area contributed by atoms with Crippen LogP contribution in [0, 0.1) is 0 Å². The van der Waals surface area contributed by atoms with Crippen LogP contribution in [0.25, 0.3) is 0 Å². The molecule has 1 atom stereocenters. The van der Waals surface area contributed by atoms with Gasteiger partial charge < -0.3 is 16.0 Å². The van der Waals surface area contributed by atoms with Crippen LogP contribution in [0.3, 0.4) is 0 Å². The predicted octanol–water partition coefficient (Wildman–Crippen LogP) is -0.998. The van der Waals surface area contributed by atoms with Crippen molar-refractivity contribution in [3.05, 3.63) is 29.8 Å². The number of piperazine rings is 1. The number of carbonyl (C=O) groups excluding carboxylic acids is 3. The largest absolute Gasteiger partial charge is 0.359 e. The third kappa shape index (κ3) is 4.03. The third-order valence-electron chi connectivity index (χ3n) is 3.23. The monoisotopic (exact) mass is 290 g/mol. The summed E-state index contributed by atoms with van der Waals surface area (Å²) in [5.74, 6) is -0.488. The highest BCUT2D eigenvalue weighted by Crippen LogP contribution is 2.16. The molecule has 1 aliphatic heterocycles. The highest BCUT2D eigenvalue weighted by atomic mass is 16.2. The van der Waals surface area contributed by atoms with Gasteiger partial charge in [0.15, 0.2) is 0 Å². The van der Waals surface area contributed by atoms with Crippen molar-refractivity contribution < 1.29 is 14.4 Å². The van der Waals surface area contributed by atoms with Gasteiger partial charge in [-0.3, -0.25) is 19.7 Å². The maximum Gasteiger partial charge on any atom is 0.243 e. The molecule has 2 rings (SSSR count). The van der Waals surface area contributed by atoms with Crippen molar-refractivity contribution in [2.45, 2.75) is 12.5 Å². The van der Waals surface area contributed by atoms with Crippen LogP contribution in [0.4, 0.5) is 5.69 Å². The first kappa shape index (κ1) is 15.0. The third-order valence-corrected chi connectivity index (χ3v) is 3.23. The molecular formula is C14H18N4O3. The first-order valence-electron chi connectivity index (χ1n) is 6.69. The van der Waals surface area contributed by atoms with E-state index in [9.17, 15) is 14.4 Å². The molecular weight excluding hydrogens is 272 g/mol. The number of nitrogens with one attached hydrogen (secondary N) is 4. The average molecular weight is 290 g/mol. The Kier molecular flexibility index (Phi) is 4.89. The molecule has 4 N–H and O–H groups in total. The molecule has 1 fully saturated rings. The molecule has 1 unspecified atom stereocenters. The normalized spacial score (nSPS) is 17.8. The highest BCUT2D eigenvalue weighted by molar-refractivity contribution is 5.97. The lowest BCUT2D eigenvalue weighted by atomic mass is 10.1.